The molecule has 0 aromatic carbocycles. The molecule has 1 saturated heterocycles. The third-order valence-corrected chi connectivity index (χ3v) is 3.37. The molecule has 1 aliphatic heterocycles. The van der Waals surface area contributed by atoms with Crippen LogP contribution in [0, 0.1) is 13.8 Å². The van der Waals surface area contributed by atoms with Gasteiger partial charge in [0.25, 0.3) is 0 Å². The third-order valence-electron chi connectivity index (χ3n) is 3.37. The molecule has 1 aliphatic rings. The molecular formula is C13H22N4. The Balaban J connectivity index is 2.02. The predicted octanol–water partition coefficient (Wildman–Crippen LogP) is 1.99. The number of aryl methyl sites for hydroxylation is 2. The zero-order valence-corrected chi connectivity index (χ0v) is 11.0. The number of hydrogen-bond donors (Lipinski definition) is 1. The largest absolute Gasteiger partial charge is 0.365 e. The van der Waals surface area contributed by atoms with E-state index in [-0.39, 0.29) is 0 Å². The molecule has 2 rings (SSSR count). The van der Waals surface area contributed by atoms with E-state index in [1.54, 1.807) is 0 Å². The minimum absolute atomic E-state index is 0.512. The summed E-state index contributed by atoms with van der Waals surface area (Å²) in [5.41, 5.74) is 1.96. The van der Waals surface area contributed by atoms with Gasteiger partial charge in [0.05, 0.1) is 11.4 Å². The van der Waals surface area contributed by atoms with Crippen LogP contribution in [0.15, 0.2) is 6.20 Å². The second-order valence-electron chi connectivity index (χ2n) is 4.82. The first-order valence-electron chi connectivity index (χ1n) is 6.48. The van der Waals surface area contributed by atoms with E-state index < -0.39 is 0 Å². The summed E-state index contributed by atoms with van der Waals surface area (Å²) >= 11 is 0. The van der Waals surface area contributed by atoms with Gasteiger partial charge in [-0.05, 0) is 39.8 Å². The molecule has 1 fully saturated rings. The molecule has 17 heavy (non-hydrogen) atoms. The molecule has 4 heteroatoms. The van der Waals surface area contributed by atoms with Crippen molar-refractivity contribution in [3.63, 3.8) is 0 Å². The van der Waals surface area contributed by atoms with E-state index in [1.165, 1.54) is 19.4 Å². The molecule has 0 amide bonds. The summed E-state index contributed by atoms with van der Waals surface area (Å²) in [4.78, 5) is 11.4. The van der Waals surface area contributed by atoms with Gasteiger partial charge >= 0.3 is 0 Å². The molecule has 0 spiro atoms. The van der Waals surface area contributed by atoms with Crippen LogP contribution in [0.2, 0.25) is 0 Å². The van der Waals surface area contributed by atoms with Gasteiger partial charge in [0.15, 0.2) is 0 Å². The Kier molecular flexibility index (Phi) is 3.94. The Bertz CT molecular complexity index is 378. The highest BCUT2D eigenvalue weighted by atomic mass is 15.2. The summed E-state index contributed by atoms with van der Waals surface area (Å²) in [6, 6.07) is 0.512. The molecule has 1 atom stereocenters. The van der Waals surface area contributed by atoms with E-state index >= 15 is 0 Å². The molecule has 0 aliphatic carbocycles. The number of aromatic nitrogens is 2. The van der Waals surface area contributed by atoms with Crippen molar-refractivity contribution in [2.24, 2.45) is 0 Å². The van der Waals surface area contributed by atoms with E-state index in [1.807, 2.05) is 20.0 Å². The van der Waals surface area contributed by atoms with Gasteiger partial charge < -0.3 is 10.2 Å². The van der Waals surface area contributed by atoms with Gasteiger partial charge in [-0.1, -0.05) is 6.92 Å². The van der Waals surface area contributed by atoms with E-state index in [9.17, 15) is 0 Å². The minimum atomic E-state index is 0.512. The second-order valence-corrected chi connectivity index (χ2v) is 4.82. The van der Waals surface area contributed by atoms with Gasteiger partial charge in [-0.25, -0.2) is 4.98 Å². The van der Waals surface area contributed by atoms with E-state index in [2.05, 4.69) is 27.1 Å². The summed E-state index contributed by atoms with van der Waals surface area (Å²) in [5.74, 6) is 0.952. The number of likely N-dealkylation sites (N-methyl/N-ethyl adjacent to an activating group) is 1. The Morgan fingerprint density at radius 1 is 1.47 bits per heavy atom. The van der Waals surface area contributed by atoms with Crippen LogP contribution in [0.5, 0.6) is 0 Å². The van der Waals surface area contributed by atoms with Crippen molar-refractivity contribution in [3.05, 3.63) is 17.6 Å². The predicted molar refractivity (Wildman–Crippen MR) is 70.3 cm³/mol. The minimum Gasteiger partial charge on any atom is -0.365 e. The zero-order valence-electron chi connectivity index (χ0n) is 11.0. The SMILES string of the molecule is CCN1CCCC(Nc2nc(C)cnc2C)C1. The molecule has 1 unspecified atom stereocenters. The van der Waals surface area contributed by atoms with E-state index in [0.29, 0.717) is 6.04 Å². The summed E-state index contributed by atoms with van der Waals surface area (Å²) in [6.07, 6.45) is 4.31. The maximum Gasteiger partial charge on any atom is 0.148 e. The van der Waals surface area contributed by atoms with Crippen molar-refractivity contribution < 1.29 is 0 Å². The van der Waals surface area contributed by atoms with Gasteiger partial charge in [0.2, 0.25) is 0 Å². The average Bonchev–Trinajstić information content (AvgIpc) is 2.34. The van der Waals surface area contributed by atoms with Crippen molar-refractivity contribution in [2.75, 3.05) is 25.0 Å². The van der Waals surface area contributed by atoms with Crippen LogP contribution in [0.4, 0.5) is 5.82 Å². The van der Waals surface area contributed by atoms with Gasteiger partial charge in [-0.15, -0.1) is 0 Å². The van der Waals surface area contributed by atoms with Gasteiger partial charge in [-0.3, -0.25) is 4.98 Å². The highest BCUT2D eigenvalue weighted by Crippen LogP contribution is 2.16. The Morgan fingerprint density at radius 2 is 2.29 bits per heavy atom. The van der Waals surface area contributed by atoms with Gasteiger partial charge in [-0.2, -0.15) is 0 Å². The highest BCUT2D eigenvalue weighted by Gasteiger charge is 2.19. The topological polar surface area (TPSA) is 41.0 Å². The summed E-state index contributed by atoms with van der Waals surface area (Å²) in [6.45, 7) is 9.70. The number of hydrogen-bond acceptors (Lipinski definition) is 4. The maximum atomic E-state index is 4.53. The average molecular weight is 234 g/mol. The summed E-state index contributed by atoms with van der Waals surface area (Å²) in [7, 11) is 0. The van der Waals surface area contributed by atoms with E-state index in [4.69, 9.17) is 0 Å². The van der Waals surface area contributed by atoms with Crippen LogP contribution < -0.4 is 5.32 Å². The molecule has 1 aromatic heterocycles. The summed E-state index contributed by atoms with van der Waals surface area (Å²) < 4.78 is 0. The third kappa shape index (κ3) is 3.16. The smallest absolute Gasteiger partial charge is 0.148 e. The number of likely N-dealkylation sites (tertiary alicyclic amines) is 1. The quantitative estimate of drug-likeness (QED) is 0.868. The molecule has 1 N–H and O–H groups in total. The van der Waals surface area contributed by atoms with Crippen molar-refractivity contribution in [3.8, 4) is 0 Å². The maximum absolute atomic E-state index is 4.53. The van der Waals surface area contributed by atoms with Crippen LogP contribution >= 0.6 is 0 Å². The number of nitrogens with zero attached hydrogens (tertiary/aromatic N) is 3. The molecule has 94 valence electrons. The Morgan fingerprint density at radius 3 is 3.06 bits per heavy atom. The molecule has 2 heterocycles. The molecule has 1 aromatic rings. The lowest BCUT2D eigenvalue weighted by Gasteiger charge is -2.32. The number of piperidine rings is 1. The fraction of sp³-hybridized carbons (Fsp3) is 0.692. The second kappa shape index (κ2) is 5.45. The lowest BCUT2D eigenvalue weighted by atomic mass is 10.1. The number of anilines is 1. The molecular weight excluding hydrogens is 212 g/mol. The first-order valence-corrected chi connectivity index (χ1v) is 6.48. The standard InChI is InChI=1S/C13H22N4/c1-4-17-7-5-6-12(9-17)16-13-11(3)14-8-10(2)15-13/h8,12H,4-7,9H2,1-3H3,(H,15,16). The van der Waals surface area contributed by atoms with Gasteiger partial charge in [0, 0.05) is 18.8 Å². The summed E-state index contributed by atoms with van der Waals surface area (Å²) in [5, 5.41) is 3.54. The monoisotopic (exact) mass is 234 g/mol. The normalized spacial score (nSPS) is 21.5. The first kappa shape index (κ1) is 12.3. The van der Waals surface area contributed by atoms with Crippen molar-refractivity contribution in [2.45, 2.75) is 39.7 Å². The molecule has 4 nitrogen and oxygen atoms in total. The van der Waals surface area contributed by atoms with Crippen LogP contribution in [0.25, 0.3) is 0 Å². The van der Waals surface area contributed by atoms with Gasteiger partial charge in [0.1, 0.15) is 5.82 Å². The fourth-order valence-electron chi connectivity index (χ4n) is 2.33. The van der Waals surface area contributed by atoms with Crippen LogP contribution in [-0.4, -0.2) is 40.5 Å². The Hall–Kier alpha value is -1.16. The lowest BCUT2D eigenvalue weighted by molar-refractivity contribution is 0.226. The Labute approximate surface area is 103 Å². The van der Waals surface area contributed by atoms with Crippen LogP contribution in [0.3, 0.4) is 0 Å². The number of rotatable bonds is 3. The van der Waals surface area contributed by atoms with E-state index in [0.717, 1.165) is 30.3 Å². The van der Waals surface area contributed by atoms with Crippen molar-refractivity contribution in [1.29, 1.82) is 0 Å². The van der Waals surface area contributed by atoms with Crippen LogP contribution in [0.1, 0.15) is 31.2 Å². The first-order chi connectivity index (χ1) is 8.19. The molecule has 0 bridgehead atoms. The zero-order chi connectivity index (χ0) is 12.3. The molecule has 0 radical (unpaired) electrons. The van der Waals surface area contributed by atoms with Crippen molar-refractivity contribution in [1.82, 2.24) is 14.9 Å². The highest BCUT2D eigenvalue weighted by molar-refractivity contribution is 5.40. The van der Waals surface area contributed by atoms with Crippen LogP contribution in [-0.2, 0) is 0 Å². The fourth-order valence-corrected chi connectivity index (χ4v) is 2.33. The van der Waals surface area contributed by atoms with Crippen molar-refractivity contribution >= 4 is 5.82 Å². The molecule has 0 saturated carbocycles. The number of nitrogens with one attached hydrogen (secondary N) is 1. The lowest BCUT2D eigenvalue weighted by Crippen LogP contribution is -2.42.